The molecule has 0 radical (unpaired) electrons. The lowest BCUT2D eigenvalue weighted by atomic mass is 10.1. The molecule has 0 aromatic carbocycles. The molecule has 12 heteroatoms. The van der Waals surface area contributed by atoms with Crippen LogP contribution in [-0.4, -0.2) is 78.0 Å². The van der Waals surface area contributed by atoms with Crippen molar-refractivity contribution in [1.82, 2.24) is 19.2 Å². The molecule has 5 heterocycles. The first kappa shape index (κ1) is 38.9. The fraction of sp³-hybridized carbons (Fsp3) is 0.515. The summed E-state index contributed by atoms with van der Waals surface area (Å²) in [5.41, 5.74) is 2.49. The number of nitrogens with zero attached hydrogens (tertiary/aromatic N) is 4. The van der Waals surface area contributed by atoms with Gasteiger partial charge in [-0.3, -0.25) is 0 Å². The number of carboxylic acids is 1. The van der Waals surface area contributed by atoms with Crippen molar-refractivity contribution in [2.45, 2.75) is 93.3 Å². The summed E-state index contributed by atoms with van der Waals surface area (Å²) in [4.78, 5) is 22.7. The Hall–Kier alpha value is -4.16. The monoisotopic (exact) mass is 630 g/mol. The molecule has 1 aliphatic rings. The van der Waals surface area contributed by atoms with Gasteiger partial charge in [-0.05, 0) is 63.8 Å². The zero-order valence-electron chi connectivity index (χ0n) is 26.2. The van der Waals surface area contributed by atoms with E-state index in [1.165, 1.54) is 19.5 Å². The number of aromatic nitrogens is 4. The molecule has 4 aromatic rings. The van der Waals surface area contributed by atoms with Crippen molar-refractivity contribution >= 4 is 23.0 Å². The number of methoxy groups -OCH3 is 1. The van der Waals surface area contributed by atoms with E-state index in [0.717, 1.165) is 12.3 Å². The minimum atomic E-state index is -1.01. The number of pyridine rings is 2. The number of aromatic carboxylic acids is 1. The molecule has 0 saturated carbocycles. The summed E-state index contributed by atoms with van der Waals surface area (Å²) >= 11 is 0. The van der Waals surface area contributed by atoms with Crippen LogP contribution in [0.2, 0.25) is 0 Å². The van der Waals surface area contributed by atoms with E-state index in [1.807, 2.05) is 27.7 Å². The van der Waals surface area contributed by atoms with Gasteiger partial charge in [-0.15, -0.1) is 0 Å². The van der Waals surface area contributed by atoms with Crippen molar-refractivity contribution in [2.24, 2.45) is 0 Å². The van der Waals surface area contributed by atoms with Gasteiger partial charge < -0.3 is 29.5 Å². The quantitative estimate of drug-likeness (QED) is 0.156. The highest BCUT2D eigenvalue weighted by atomic mass is 16.6. The second-order valence-corrected chi connectivity index (χ2v) is 12.2. The maximum Gasteiger partial charge on any atom is 0.341 e. The number of carboxylic acid groups (broad SMARTS) is 1. The number of aliphatic hydroxyl groups is 1. The number of esters is 1. The number of carbonyl (C=O) groups excluding carboxylic acids is 1. The first-order valence-electron chi connectivity index (χ1n) is 14.0. The molecule has 12 nitrogen and oxygen atoms in total. The Morgan fingerprint density at radius 1 is 0.956 bits per heavy atom. The molecule has 0 spiro atoms. The number of ether oxygens (including phenoxy) is 3. The minimum absolute atomic E-state index is 0. The number of aromatic hydroxyl groups is 1. The van der Waals surface area contributed by atoms with E-state index in [-0.39, 0.29) is 50.2 Å². The third-order valence-corrected chi connectivity index (χ3v) is 6.41. The van der Waals surface area contributed by atoms with E-state index in [4.69, 9.17) is 14.6 Å². The van der Waals surface area contributed by atoms with Crippen molar-refractivity contribution in [1.29, 1.82) is 0 Å². The molecule has 45 heavy (non-hydrogen) atoms. The van der Waals surface area contributed by atoms with Crippen LogP contribution < -0.4 is 4.74 Å². The number of hydrogen-bond donors (Lipinski definition) is 3. The Labute approximate surface area is 265 Å². The Bertz CT molecular complexity index is 1590. The van der Waals surface area contributed by atoms with E-state index in [1.54, 1.807) is 47.1 Å². The smallest absolute Gasteiger partial charge is 0.341 e. The van der Waals surface area contributed by atoms with Crippen molar-refractivity contribution in [3.05, 3.63) is 59.2 Å². The van der Waals surface area contributed by atoms with Crippen LogP contribution in [0.4, 0.5) is 0 Å². The van der Waals surface area contributed by atoms with Crippen LogP contribution in [0.3, 0.4) is 0 Å². The summed E-state index contributed by atoms with van der Waals surface area (Å²) in [5, 5.41) is 37.0. The Kier molecular flexibility index (Phi) is 13.1. The molecule has 1 saturated heterocycles. The molecule has 0 atom stereocenters. The highest BCUT2D eigenvalue weighted by molar-refractivity contribution is 5.97. The number of hydrogen-bond acceptors (Lipinski definition) is 9. The minimum Gasteiger partial charge on any atom is -0.506 e. The van der Waals surface area contributed by atoms with E-state index >= 15 is 0 Å². The molecule has 1 aliphatic heterocycles. The Morgan fingerprint density at radius 3 is 1.87 bits per heavy atom. The largest absolute Gasteiger partial charge is 0.506 e. The molecule has 0 aliphatic carbocycles. The van der Waals surface area contributed by atoms with Gasteiger partial charge in [0.25, 0.3) is 0 Å². The van der Waals surface area contributed by atoms with Crippen molar-refractivity contribution < 1.29 is 39.1 Å². The van der Waals surface area contributed by atoms with Crippen LogP contribution in [0.15, 0.2) is 36.7 Å². The number of carbonyl (C=O) groups is 2. The first-order chi connectivity index (χ1) is 20.0. The lowest BCUT2D eigenvalue weighted by Gasteiger charge is -2.21. The standard InChI is InChI=1S/C15H20N2O4.C12H14N2O3.C4H8O.2CH4/c1-9(2)13-12(21-8-15(3,4)20)6-5-11-10(14(18)19)7-16-17(11)13;1-7(2)11-10(15)5-4-9-8(12(16)17-3)6-13-14(9)11;1-4(2)3-5-4;;/h5-7,9,20H,8H2,1-4H3,(H,18,19);4-7,15H,1-3H3;3H2,1-2H3;2*1H4. The second kappa shape index (κ2) is 15.2. The molecule has 3 N–H and O–H groups in total. The highest BCUT2D eigenvalue weighted by Crippen LogP contribution is 2.30. The first-order valence-corrected chi connectivity index (χ1v) is 14.0. The highest BCUT2D eigenvalue weighted by Gasteiger charge is 2.32. The van der Waals surface area contributed by atoms with Gasteiger partial charge in [0.15, 0.2) is 0 Å². The summed E-state index contributed by atoms with van der Waals surface area (Å²) in [5.74, 6) is -0.479. The summed E-state index contributed by atoms with van der Waals surface area (Å²) in [7, 11) is 1.33. The van der Waals surface area contributed by atoms with Gasteiger partial charge in [-0.25, -0.2) is 18.6 Å². The van der Waals surface area contributed by atoms with Crippen molar-refractivity contribution in [3.63, 3.8) is 0 Å². The van der Waals surface area contributed by atoms with Gasteiger partial charge in [0, 0.05) is 0 Å². The molecule has 250 valence electrons. The van der Waals surface area contributed by atoms with E-state index < -0.39 is 17.5 Å². The zero-order valence-corrected chi connectivity index (χ0v) is 26.2. The predicted molar refractivity (Wildman–Crippen MR) is 174 cm³/mol. The summed E-state index contributed by atoms with van der Waals surface area (Å²) in [6.07, 6.45) is 2.79. The van der Waals surface area contributed by atoms with E-state index in [9.17, 15) is 19.8 Å². The number of epoxide rings is 1. The summed E-state index contributed by atoms with van der Waals surface area (Å²) in [6, 6.07) is 6.62. The second-order valence-electron chi connectivity index (χ2n) is 12.2. The lowest BCUT2D eigenvalue weighted by Crippen LogP contribution is -2.28. The fourth-order valence-electron chi connectivity index (χ4n) is 4.14. The normalized spacial score (nSPS) is 13.2. The Morgan fingerprint density at radius 2 is 1.42 bits per heavy atom. The molecule has 5 rings (SSSR count). The molecule has 1 fully saturated rings. The van der Waals surface area contributed by atoms with Crippen LogP contribution in [0, 0.1) is 0 Å². The van der Waals surface area contributed by atoms with Crippen molar-refractivity contribution in [3.8, 4) is 11.5 Å². The van der Waals surface area contributed by atoms with Gasteiger partial charge in [0.05, 0.1) is 59.7 Å². The SMILES string of the molecule is C.C.CC(C)c1c(OCC(C)(C)O)ccc2c(C(=O)O)cnn12.CC1(C)CO1.COC(=O)c1cnn2c(C(C)C)c(O)ccc12. The molecule has 0 unspecified atom stereocenters. The van der Waals surface area contributed by atoms with Gasteiger partial charge in [-0.1, -0.05) is 42.5 Å². The topological polar surface area (TPSA) is 160 Å². The molecule has 0 bridgehead atoms. The van der Waals surface area contributed by atoms with Crippen LogP contribution in [0.1, 0.15) is 114 Å². The summed E-state index contributed by atoms with van der Waals surface area (Å²) in [6.45, 7) is 16.4. The third-order valence-electron chi connectivity index (χ3n) is 6.41. The lowest BCUT2D eigenvalue weighted by molar-refractivity contribution is 0.0278. The predicted octanol–water partition coefficient (Wildman–Crippen LogP) is 6.32. The average molecular weight is 631 g/mol. The van der Waals surface area contributed by atoms with E-state index in [2.05, 4.69) is 28.8 Å². The van der Waals surface area contributed by atoms with Crippen LogP contribution in [0.5, 0.6) is 11.5 Å². The fourth-order valence-corrected chi connectivity index (χ4v) is 4.14. The zero-order chi connectivity index (χ0) is 32.3. The van der Waals surface area contributed by atoms with Gasteiger partial charge >= 0.3 is 11.9 Å². The molecular formula is C33H50N4O8. The molecule has 0 amide bonds. The summed E-state index contributed by atoms with van der Waals surface area (Å²) < 4.78 is 18.4. The number of rotatable bonds is 7. The van der Waals surface area contributed by atoms with Crippen LogP contribution in [0.25, 0.3) is 11.0 Å². The van der Waals surface area contributed by atoms with Crippen LogP contribution >= 0.6 is 0 Å². The maximum atomic E-state index is 11.5. The average Bonchev–Trinajstić information content (AvgIpc) is 3.28. The third kappa shape index (κ3) is 9.66. The Balaban J connectivity index is 0.000000379. The van der Waals surface area contributed by atoms with Gasteiger partial charge in [0.1, 0.15) is 29.2 Å². The maximum absolute atomic E-state index is 11.5. The van der Waals surface area contributed by atoms with Gasteiger partial charge in [-0.2, -0.15) is 10.2 Å². The van der Waals surface area contributed by atoms with Crippen LogP contribution in [-0.2, 0) is 9.47 Å². The van der Waals surface area contributed by atoms with E-state index in [0.29, 0.717) is 28.0 Å². The molecular weight excluding hydrogens is 580 g/mol. The van der Waals surface area contributed by atoms with Crippen molar-refractivity contribution in [2.75, 3.05) is 20.3 Å². The number of fused-ring (bicyclic) bond motifs is 2. The molecule has 4 aromatic heterocycles. The van der Waals surface area contributed by atoms with Gasteiger partial charge in [0.2, 0.25) is 0 Å².